The van der Waals surface area contributed by atoms with Crippen molar-refractivity contribution in [1.82, 2.24) is 10.3 Å². The van der Waals surface area contributed by atoms with Gasteiger partial charge in [0.05, 0.1) is 11.5 Å². The van der Waals surface area contributed by atoms with E-state index in [1.807, 2.05) is 0 Å². The predicted molar refractivity (Wildman–Crippen MR) is 67.5 cm³/mol. The van der Waals surface area contributed by atoms with Crippen LogP contribution in [-0.4, -0.2) is 29.1 Å². The summed E-state index contributed by atoms with van der Waals surface area (Å²) in [5.41, 5.74) is -1.37. The standard InChI is InChI=1S/C13H18F2N2O2/c1-12(2,19)9-5-8(6-17-11(9)18)10-7-16-4-3-13(10,14)15/h5-6,10,16,19H,3-4,7H2,1-2H3,(H,17,18). The fourth-order valence-electron chi connectivity index (χ4n) is 2.34. The average molecular weight is 272 g/mol. The highest BCUT2D eigenvalue weighted by atomic mass is 19.3. The Morgan fingerprint density at radius 1 is 1.47 bits per heavy atom. The highest BCUT2D eigenvalue weighted by Crippen LogP contribution is 2.38. The lowest BCUT2D eigenvalue weighted by atomic mass is 9.87. The van der Waals surface area contributed by atoms with E-state index in [0.29, 0.717) is 5.56 Å². The lowest BCUT2D eigenvalue weighted by Gasteiger charge is -2.32. The van der Waals surface area contributed by atoms with Crippen LogP contribution >= 0.6 is 0 Å². The lowest BCUT2D eigenvalue weighted by Crippen LogP contribution is -2.43. The molecule has 0 radical (unpaired) electrons. The van der Waals surface area contributed by atoms with E-state index >= 15 is 0 Å². The zero-order valence-corrected chi connectivity index (χ0v) is 11.0. The maximum absolute atomic E-state index is 13.9. The molecule has 6 heteroatoms. The number of aliphatic hydroxyl groups is 1. The molecule has 1 atom stereocenters. The maximum atomic E-state index is 13.9. The molecule has 1 aliphatic rings. The Bertz CT molecular complexity index is 520. The molecule has 0 aliphatic carbocycles. The van der Waals surface area contributed by atoms with Crippen LogP contribution in [0, 0.1) is 0 Å². The summed E-state index contributed by atoms with van der Waals surface area (Å²) in [6.45, 7) is 3.35. The van der Waals surface area contributed by atoms with Crippen molar-refractivity contribution >= 4 is 0 Å². The Labute approximate surface area is 109 Å². The molecular weight excluding hydrogens is 254 g/mol. The van der Waals surface area contributed by atoms with Gasteiger partial charge in [0, 0.05) is 31.3 Å². The molecule has 1 fully saturated rings. The normalized spacial score (nSPS) is 23.3. The summed E-state index contributed by atoms with van der Waals surface area (Å²) in [6.07, 6.45) is 1.08. The fourth-order valence-corrected chi connectivity index (χ4v) is 2.34. The van der Waals surface area contributed by atoms with Crippen LogP contribution in [0.1, 0.15) is 37.3 Å². The van der Waals surface area contributed by atoms with Crippen molar-refractivity contribution in [1.29, 1.82) is 0 Å². The number of hydrogen-bond donors (Lipinski definition) is 3. The van der Waals surface area contributed by atoms with Gasteiger partial charge in [0.1, 0.15) is 0 Å². The highest BCUT2D eigenvalue weighted by molar-refractivity contribution is 5.28. The van der Waals surface area contributed by atoms with Gasteiger partial charge in [0.25, 0.3) is 11.5 Å². The van der Waals surface area contributed by atoms with E-state index < -0.39 is 23.0 Å². The van der Waals surface area contributed by atoms with Gasteiger partial charge in [-0.25, -0.2) is 8.78 Å². The van der Waals surface area contributed by atoms with Crippen molar-refractivity contribution < 1.29 is 13.9 Å². The van der Waals surface area contributed by atoms with E-state index in [-0.39, 0.29) is 25.1 Å². The van der Waals surface area contributed by atoms with Crippen LogP contribution in [0.3, 0.4) is 0 Å². The second-order valence-corrected chi connectivity index (χ2v) is 5.50. The van der Waals surface area contributed by atoms with Gasteiger partial charge in [-0.15, -0.1) is 0 Å². The third-order valence-corrected chi connectivity index (χ3v) is 3.48. The molecule has 0 spiro atoms. The van der Waals surface area contributed by atoms with Gasteiger partial charge in [0.2, 0.25) is 0 Å². The summed E-state index contributed by atoms with van der Waals surface area (Å²) in [4.78, 5) is 14.1. The molecule has 2 heterocycles. The zero-order valence-electron chi connectivity index (χ0n) is 11.0. The summed E-state index contributed by atoms with van der Waals surface area (Å²) in [5.74, 6) is -3.79. The van der Waals surface area contributed by atoms with Crippen molar-refractivity contribution in [3.63, 3.8) is 0 Å². The molecule has 3 N–H and O–H groups in total. The van der Waals surface area contributed by atoms with Gasteiger partial charge in [-0.05, 0) is 25.5 Å². The van der Waals surface area contributed by atoms with E-state index in [9.17, 15) is 18.7 Å². The first-order valence-electron chi connectivity index (χ1n) is 6.26. The number of aromatic amines is 1. The molecule has 0 amide bonds. The van der Waals surface area contributed by atoms with Crippen LogP contribution in [0.4, 0.5) is 8.78 Å². The molecular formula is C13H18F2N2O2. The van der Waals surface area contributed by atoms with Crippen molar-refractivity contribution in [2.24, 2.45) is 0 Å². The van der Waals surface area contributed by atoms with Gasteiger partial charge < -0.3 is 15.4 Å². The first kappa shape index (κ1) is 14.1. The van der Waals surface area contributed by atoms with Crippen molar-refractivity contribution in [3.05, 3.63) is 33.7 Å². The van der Waals surface area contributed by atoms with Crippen molar-refractivity contribution in [2.45, 2.75) is 37.7 Å². The number of hydrogen-bond acceptors (Lipinski definition) is 3. The Morgan fingerprint density at radius 2 is 2.16 bits per heavy atom. The van der Waals surface area contributed by atoms with E-state index in [1.165, 1.54) is 26.1 Å². The van der Waals surface area contributed by atoms with Gasteiger partial charge in [-0.2, -0.15) is 0 Å². The Hall–Kier alpha value is -1.27. The van der Waals surface area contributed by atoms with E-state index in [4.69, 9.17) is 0 Å². The third-order valence-electron chi connectivity index (χ3n) is 3.48. The van der Waals surface area contributed by atoms with Crippen LogP contribution < -0.4 is 10.9 Å². The summed E-state index contributed by atoms with van der Waals surface area (Å²) < 4.78 is 27.8. The van der Waals surface area contributed by atoms with Gasteiger partial charge >= 0.3 is 0 Å². The second-order valence-electron chi connectivity index (χ2n) is 5.50. The van der Waals surface area contributed by atoms with Crippen LogP contribution in [0.2, 0.25) is 0 Å². The maximum Gasteiger partial charge on any atom is 0.257 e. The fraction of sp³-hybridized carbons (Fsp3) is 0.615. The Morgan fingerprint density at radius 3 is 2.74 bits per heavy atom. The number of pyridine rings is 1. The molecule has 4 nitrogen and oxygen atoms in total. The van der Waals surface area contributed by atoms with E-state index in [0.717, 1.165) is 0 Å². The summed E-state index contributed by atoms with van der Waals surface area (Å²) in [6, 6.07) is 1.38. The number of nitrogens with one attached hydrogen (secondary N) is 2. The molecule has 1 unspecified atom stereocenters. The average Bonchev–Trinajstić information content (AvgIpc) is 2.28. The second kappa shape index (κ2) is 4.68. The van der Waals surface area contributed by atoms with Gasteiger partial charge in [-0.1, -0.05) is 0 Å². The van der Waals surface area contributed by atoms with E-state index in [1.54, 1.807) is 0 Å². The molecule has 1 aromatic rings. The van der Waals surface area contributed by atoms with Crippen molar-refractivity contribution in [3.8, 4) is 0 Å². The van der Waals surface area contributed by atoms with E-state index in [2.05, 4.69) is 10.3 Å². The summed E-state index contributed by atoms with van der Waals surface area (Å²) >= 11 is 0. The molecule has 0 saturated carbocycles. The Balaban J connectivity index is 2.43. The van der Waals surface area contributed by atoms with Crippen molar-refractivity contribution in [2.75, 3.05) is 13.1 Å². The number of H-pyrrole nitrogens is 1. The van der Waals surface area contributed by atoms with Crippen LogP contribution in [0.15, 0.2) is 17.1 Å². The van der Waals surface area contributed by atoms with Gasteiger partial charge in [-0.3, -0.25) is 4.79 Å². The Kier molecular flexibility index (Phi) is 3.49. The SMILES string of the molecule is CC(C)(O)c1cc(C2CNCCC2(F)F)c[nH]c1=O. The number of alkyl halides is 2. The largest absolute Gasteiger partial charge is 0.386 e. The molecule has 0 aromatic carbocycles. The molecule has 1 saturated heterocycles. The molecule has 1 aromatic heterocycles. The number of halogens is 2. The van der Waals surface area contributed by atoms with Crippen LogP contribution in [0.25, 0.3) is 0 Å². The lowest BCUT2D eigenvalue weighted by molar-refractivity contribution is -0.0481. The smallest absolute Gasteiger partial charge is 0.257 e. The number of piperidine rings is 1. The molecule has 19 heavy (non-hydrogen) atoms. The third kappa shape index (κ3) is 2.84. The summed E-state index contributed by atoms with van der Waals surface area (Å²) in [5, 5.41) is 12.8. The van der Waals surface area contributed by atoms with Crippen LogP contribution in [0.5, 0.6) is 0 Å². The first-order valence-corrected chi connectivity index (χ1v) is 6.26. The number of aromatic nitrogens is 1. The van der Waals surface area contributed by atoms with Gasteiger partial charge in [0.15, 0.2) is 0 Å². The minimum atomic E-state index is -2.81. The minimum Gasteiger partial charge on any atom is -0.386 e. The minimum absolute atomic E-state index is 0.103. The number of rotatable bonds is 2. The zero-order chi connectivity index (χ0) is 14.3. The molecule has 0 bridgehead atoms. The molecule has 2 rings (SSSR count). The topological polar surface area (TPSA) is 65.1 Å². The molecule has 1 aliphatic heterocycles. The highest BCUT2D eigenvalue weighted by Gasteiger charge is 2.42. The molecule has 106 valence electrons. The summed E-state index contributed by atoms with van der Waals surface area (Å²) in [7, 11) is 0. The first-order chi connectivity index (χ1) is 8.72. The predicted octanol–water partition coefficient (Wildman–Crippen LogP) is 1.31. The van der Waals surface area contributed by atoms with Crippen LogP contribution in [-0.2, 0) is 5.60 Å². The monoisotopic (exact) mass is 272 g/mol. The quantitative estimate of drug-likeness (QED) is 0.760.